The number of allylic oxidation sites excluding steroid dienone is 1. The van der Waals surface area contributed by atoms with E-state index in [1.165, 1.54) is 18.5 Å². The normalized spacial score (nSPS) is 23.8. The van der Waals surface area contributed by atoms with Gasteiger partial charge < -0.3 is 14.2 Å². The Labute approximate surface area is 137 Å². The van der Waals surface area contributed by atoms with E-state index in [1.54, 1.807) is 0 Å². The molecule has 5 nitrogen and oxygen atoms in total. The number of rotatable bonds is 5. The van der Waals surface area contributed by atoms with E-state index in [0.717, 1.165) is 49.6 Å². The number of ether oxygens (including phenoxy) is 1. The van der Waals surface area contributed by atoms with Crippen molar-refractivity contribution in [2.45, 2.75) is 44.6 Å². The summed E-state index contributed by atoms with van der Waals surface area (Å²) in [6, 6.07) is 0. The van der Waals surface area contributed by atoms with Crippen LogP contribution in [-0.2, 0) is 23.1 Å². The fourth-order valence-electron chi connectivity index (χ4n) is 3.75. The Morgan fingerprint density at radius 1 is 1.39 bits per heavy atom. The molecule has 2 aliphatic carbocycles. The molecular weight excluding hydrogens is 290 g/mol. The number of aromatic nitrogens is 2. The largest absolute Gasteiger partial charge is 0.380 e. The Bertz CT molecular complexity index is 630. The molecule has 0 bridgehead atoms. The molecule has 1 aliphatic heterocycles. The summed E-state index contributed by atoms with van der Waals surface area (Å²) in [7, 11) is 2.04. The van der Waals surface area contributed by atoms with Gasteiger partial charge in [-0.3, -0.25) is 4.79 Å². The molecule has 1 unspecified atom stereocenters. The summed E-state index contributed by atoms with van der Waals surface area (Å²) >= 11 is 0. The Morgan fingerprint density at radius 3 is 3.00 bits per heavy atom. The number of carbonyl (C=O) groups is 1. The number of hydrogen-bond acceptors (Lipinski definition) is 3. The second-order valence-corrected chi connectivity index (χ2v) is 7.17. The topological polar surface area (TPSA) is 47.4 Å². The summed E-state index contributed by atoms with van der Waals surface area (Å²) in [4.78, 5) is 19.2. The van der Waals surface area contributed by atoms with Gasteiger partial charge in [-0.1, -0.05) is 6.08 Å². The first-order valence-corrected chi connectivity index (χ1v) is 8.78. The third-order valence-corrected chi connectivity index (χ3v) is 5.20. The molecule has 124 valence electrons. The molecule has 23 heavy (non-hydrogen) atoms. The maximum absolute atomic E-state index is 12.7. The van der Waals surface area contributed by atoms with Crippen LogP contribution in [0.1, 0.15) is 49.4 Å². The van der Waals surface area contributed by atoms with Gasteiger partial charge in [0.15, 0.2) is 0 Å². The van der Waals surface area contributed by atoms with Gasteiger partial charge in [0, 0.05) is 37.4 Å². The summed E-state index contributed by atoms with van der Waals surface area (Å²) in [5.41, 5.74) is 3.26. The van der Waals surface area contributed by atoms with E-state index in [0.29, 0.717) is 13.2 Å². The third kappa shape index (κ3) is 3.07. The monoisotopic (exact) mass is 315 g/mol. The van der Waals surface area contributed by atoms with Gasteiger partial charge in [-0.05, 0) is 38.0 Å². The quantitative estimate of drug-likeness (QED) is 0.838. The van der Waals surface area contributed by atoms with Gasteiger partial charge in [-0.2, -0.15) is 0 Å². The molecule has 1 atom stereocenters. The molecule has 1 fully saturated rings. The third-order valence-electron chi connectivity index (χ3n) is 5.20. The summed E-state index contributed by atoms with van der Waals surface area (Å²) in [5.74, 6) is 1.20. The van der Waals surface area contributed by atoms with Crippen LogP contribution in [0, 0.1) is 5.92 Å². The van der Waals surface area contributed by atoms with Gasteiger partial charge in [0.05, 0.1) is 25.2 Å². The van der Waals surface area contributed by atoms with E-state index in [4.69, 9.17) is 4.74 Å². The van der Waals surface area contributed by atoms with Crippen molar-refractivity contribution in [2.24, 2.45) is 13.0 Å². The Hall–Kier alpha value is -1.62. The van der Waals surface area contributed by atoms with Crippen LogP contribution in [0.2, 0.25) is 0 Å². The summed E-state index contributed by atoms with van der Waals surface area (Å²) in [6.45, 7) is 2.92. The van der Waals surface area contributed by atoms with E-state index in [1.807, 2.05) is 18.3 Å². The second kappa shape index (κ2) is 6.11. The zero-order valence-corrected chi connectivity index (χ0v) is 13.8. The van der Waals surface area contributed by atoms with Gasteiger partial charge >= 0.3 is 0 Å². The van der Waals surface area contributed by atoms with Crippen LogP contribution >= 0.6 is 0 Å². The number of nitrogens with zero attached hydrogens (tertiary/aromatic N) is 3. The minimum atomic E-state index is 0.200. The average Bonchev–Trinajstić information content (AvgIpc) is 3.07. The van der Waals surface area contributed by atoms with E-state index in [2.05, 4.69) is 15.6 Å². The van der Waals surface area contributed by atoms with Crippen molar-refractivity contribution in [3.63, 3.8) is 0 Å². The van der Waals surface area contributed by atoms with Crippen molar-refractivity contribution in [3.05, 3.63) is 29.4 Å². The molecule has 1 aromatic rings. The molecule has 0 N–H and O–H groups in total. The maximum atomic E-state index is 12.7. The van der Waals surface area contributed by atoms with E-state index in [-0.39, 0.29) is 11.8 Å². The van der Waals surface area contributed by atoms with E-state index in [9.17, 15) is 4.79 Å². The lowest BCUT2D eigenvalue weighted by molar-refractivity contribution is -0.128. The van der Waals surface area contributed by atoms with Gasteiger partial charge in [0.25, 0.3) is 0 Å². The maximum Gasteiger partial charge on any atom is 0.249 e. The first-order valence-electron chi connectivity index (χ1n) is 8.78. The summed E-state index contributed by atoms with van der Waals surface area (Å²) in [5, 5.41) is 0. The van der Waals surface area contributed by atoms with Crippen LogP contribution < -0.4 is 0 Å². The molecule has 4 rings (SSSR count). The smallest absolute Gasteiger partial charge is 0.249 e. The van der Waals surface area contributed by atoms with Crippen LogP contribution in [0.25, 0.3) is 0 Å². The first-order chi connectivity index (χ1) is 11.2. The van der Waals surface area contributed by atoms with Crippen molar-refractivity contribution in [1.82, 2.24) is 14.5 Å². The van der Waals surface area contributed by atoms with Crippen LogP contribution in [-0.4, -0.2) is 40.1 Å². The minimum Gasteiger partial charge on any atom is -0.380 e. The van der Waals surface area contributed by atoms with Crippen LogP contribution in [0.5, 0.6) is 0 Å². The Kier molecular flexibility index (Phi) is 3.97. The molecule has 1 aromatic heterocycles. The fraction of sp³-hybridized carbons (Fsp3) is 0.667. The molecule has 0 saturated heterocycles. The lowest BCUT2D eigenvalue weighted by Crippen LogP contribution is -2.40. The SMILES string of the molecule is Cn1cnc2c1C(COCC1CC1)CN(C(=O)C1=CCCC1)C2. The number of aryl methyl sites for hydroxylation is 1. The second-order valence-electron chi connectivity index (χ2n) is 7.17. The molecule has 5 heteroatoms. The summed E-state index contributed by atoms with van der Waals surface area (Å²) in [6.07, 6.45) is 9.65. The predicted molar refractivity (Wildman–Crippen MR) is 86.8 cm³/mol. The van der Waals surface area contributed by atoms with Crippen molar-refractivity contribution in [2.75, 3.05) is 19.8 Å². The molecule has 2 heterocycles. The predicted octanol–water partition coefficient (Wildman–Crippen LogP) is 2.38. The van der Waals surface area contributed by atoms with Crippen molar-refractivity contribution in [3.8, 4) is 0 Å². The molecule has 1 saturated carbocycles. The van der Waals surface area contributed by atoms with Gasteiger partial charge in [-0.25, -0.2) is 4.98 Å². The lowest BCUT2D eigenvalue weighted by atomic mass is 9.98. The minimum absolute atomic E-state index is 0.200. The highest BCUT2D eigenvalue weighted by Crippen LogP contribution is 2.32. The fourth-order valence-corrected chi connectivity index (χ4v) is 3.75. The number of fused-ring (bicyclic) bond motifs is 1. The Balaban J connectivity index is 1.49. The number of imidazole rings is 1. The van der Waals surface area contributed by atoms with Crippen LogP contribution in [0.15, 0.2) is 18.0 Å². The van der Waals surface area contributed by atoms with Crippen molar-refractivity contribution in [1.29, 1.82) is 0 Å². The summed E-state index contributed by atoms with van der Waals surface area (Å²) < 4.78 is 8.03. The Morgan fingerprint density at radius 2 is 2.26 bits per heavy atom. The number of hydrogen-bond donors (Lipinski definition) is 0. The van der Waals surface area contributed by atoms with Gasteiger partial charge in [-0.15, -0.1) is 0 Å². The standard InChI is InChI=1S/C18H25N3O2/c1-20-12-19-16-9-21(18(22)14-4-2-3-5-14)8-15(17(16)20)11-23-10-13-6-7-13/h4,12-13,15H,2-3,5-11H2,1H3. The molecule has 3 aliphatic rings. The molecule has 0 radical (unpaired) electrons. The number of carbonyl (C=O) groups excluding carboxylic acids is 1. The number of amides is 1. The average molecular weight is 315 g/mol. The zero-order valence-electron chi connectivity index (χ0n) is 13.8. The molecular formula is C18H25N3O2. The van der Waals surface area contributed by atoms with Crippen LogP contribution in [0.4, 0.5) is 0 Å². The van der Waals surface area contributed by atoms with Gasteiger partial charge in [0.2, 0.25) is 5.91 Å². The van der Waals surface area contributed by atoms with Crippen LogP contribution in [0.3, 0.4) is 0 Å². The highest BCUT2D eigenvalue weighted by atomic mass is 16.5. The van der Waals surface area contributed by atoms with Crippen molar-refractivity contribution >= 4 is 5.91 Å². The van der Waals surface area contributed by atoms with Crippen molar-refractivity contribution < 1.29 is 9.53 Å². The van der Waals surface area contributed by atoms with Gasteiger partial charge in [0.1, 0.15) is 0 Å². The van der Waals surface area contributed by atoms with E-state index >= 15 is 0 Å². The van der Waals surface area contributed by atoms with E-state index < -0.39 is 0 Å². The highest BCUT2D eigenvalue weighted by molar-refractivity contribution is 5.94. The lowest BCUT2D eigenvalue weighted by Gasteiger charge is -2.33. The molecule has 0 spiro atoms. The molecule has 0 aromatic carbocycles. The highest BCUT2D eigenvalue weighted by Gasteiger charge is 2.33. The zero-order chi connectivity index (χ0) is 15.8. The molecule has 1 amide bonds. The first kappa shape index (κ1) is 14.9.